The highest BCUT2D eigenvalue weighted by atomic mass is 35.5. The average Bonchev–Trinajstić information content (AvgIpc) is 2.47. The lowest BCUT2D eigenvalue weighted by molar-refractivity contribution is -0.621. The Morgan fingerprint density at radius 3 is 2.45 bits per heavy atom. The molecule has 5 N–H and O–H groups in total. The fourth-order valence-electron chi connectivity index (χ4n) is 2.04. The molecule has 0 bridgehead atoms. The van der Waals surface area contributed by atoms with Crippen LogP contribution in [-0.2, 0) is 0 Å². The van der Waals surface area contributed by atoms with Crippen LogP contribution in [0.1, 0.15) is 18.6 Å². The Kier molecular flexibility index (Phi) is 6.24. The summed E-state index contributed by atoms with van der Waals surface area (Å²) >= 11 is 0. The first kappa shape index (κ1) is 17.8. The van der Waals surface area contributed by atoms with E-state index in [0.717, 1.165) is 5.56 Å². The molecule has 7 nitrogen and oxygen atoms in total. The lowest BCUT2D eigenvalue weighted by atomic mass is 10.0. The van der Waals surface area contributed by atoms with Gasteiger partial charge in [-0.25, -0.2) is 0 Å². The molecule has 0 saturated carbocycles. The van der Waals surface area contributed by atoms with E-state index in [4.69, 9.17) is 5.73 Å². The molecule has 0 spiro atoms. The van der Waals surface area contributed by atoms with E-state index in [-0.39, 0.29) is 30.0 Å². The number of aliphatic hydroxyl groups excluding tert-OH is 1. The highest BCUT2D eigenvalue weighted by Crippen LogP contribution is 2.19. The number of hydrogen-bond donors (Lipinski definition) is 3. The molecule has 118 valence electrons. The van der Waals surface area contributed by atoms with Gasteiger partial charge in [0.15, 0.2) is 0 Å². The van der Waals surface area contributed by atoms with Crippen LogP contribution in [0, 0.1) is 10.1 Å². The first-order chi connectivity index (χ1) is 9.99. The van der Waals surface area contributed by atoms with Gasteiger partial charge < -0.3 is 23.2 Å². The van der Waals surface area contributed by atoms with Crippen LogP contribution in [0.2, 0.25) is 0 Å². The molecule has 0 radical (unpaired) electrons. The van der Waals surface area contributed by atoms with E-state index in [1.165, 1.54) is 12.1 Å². The summed E-state index contributed by atoms with van der Waals surface area (Å²) < 4.78 is 0. The molecule has 0 fully saturated rings. The highest BCUT2D eigenvalue weighted by molar-refractivity contribution is 5.54. The summed E-state index contributed by atoms with van der Waals surface area (Å²) in [5.74, 6) is 0.371. The van der Waals surface area contributed by atoms with E-state index in [1.807, 2.05) is 37.3 Å². The standard InChI is InChI=1S/C14H16N4O3.ClH/c1-9(13(19)10-5-3-2-4-6-10)16-12-8-7-11(18(20)21)14(15)17-12;/h2-9,13,19H,1H3,(H3,15,16,17);1H. The number of nitrogens with zero attached hydrogens (tertiary/aromatic N) is 2. The molecular weight excluding hydrogens is 308 g/mol. The zero-order valence-corrected chi connectivity index (χ0v) is 12.6. The number of aromatic nitrogens is 1. The van der Waals surface area contributed by atoms with Crippen LogP contribution < -0.4 is 23.5 Å². The zero-order chi connectivity index (χ0) is 15.4. The van der Waals surface area contributed by atoms with Crippen molar-refractivity contribution in [3.05, 3.63) is 58.1 Å². The Labute approximate surface area is 133 Å². The number of anilines is 1. The summed E-state index contributed by atoms with van der Waals surface area (Å²) in [6.07, 6.45) is -0.676. The minimum Gasteiger partial charge on any atom is -1.00 e. The summed E-state index contributed by atoms with van der Waals surface area (Å²) in [7, 11) is 0. The molecule has 8 heteroatoms. The average molecular weight is 325 g/mol. The number of quaternary nitrogens is 1. The lowest BCUT2D eigenvalue weighted by Gasteiger charge is -2.17. The van der Waals surface area contributed by atoms with E-state index in [2.05, 4.69) is 4.98 Å². The van der Waals surface area contributed by atoms with Crippen molar-refractivity contribution in [2.24, 2.45) is 0 Å². The molecule has 0 amide bonds. The Morgan fingerprint density at radius 1 is 1.27 bits per heavy atom. The van der Waals surface area contributed by atoms with Crippen LogP contribution in [0.3, 0.4) is 0 Å². The van der Waals surface area contributed by atoms with Gasteiger partial charge in [0.05, 0.1) is 4.92 Å². The number of rotatable bonds is 5. The smallest absolute Gasteiger partial charge is 0.311 e. The van der Waals surface area contributed by atoms with Crippen molar-refractivity contribution in [2.45, 2.75) is 19.1 Å². The van der Waals surface area contributed by atoms with Gasteiger partial charge in [-0.3, -0.25) is 15.4 Å². The van der Waals surface area contributed by atoms with Gasteiger partial charge in [0.25, 0.3) is 0 Å². The van der Waals surface area contributed by atoms with Crippen LogP contribution in [0.5, 0.6) is 0 Å². The summed E-state index contributed by atoms with van der Waals surface area (Å²) in [5.41, 5.74) is 6.13. The summed E-state index contributed by atoms with van der Waals surface area (Å²) in [5, 5.41) is 22.7. The molecule has 0 aliphatic carbocycles. The number of nitrogen functional groups attached to an aromatic ring is 1. The normalized spacial score (nSPS) is 13.0. The van der Waals surface area contributed by atoms with E-state index < -0.39 is 11.0 Å². The SMILES string of the molecule is CC([NH2+]c1ccc([N+](=O)[O-])c(N)n1)C(O)c1ccccc1.[Cl-]. The predicted molar refractivity (Wildman–Crippen MR) is 77.8 cm³/mol. The van der Waals surface area contributed by atoms with Gasteiger partial charge in [-0.2, -0.15) is 4.98 Å². The monoisotopic (exact) mass is 324 g/mol. The third-order valence-electron chi connectivity index (χ3n) is 3.19. The number of nitro groups is 1. The van der Waals surface area contributed by atoms with Crippen LogP contribution in [-0.4, -0.2) is 21.1 Å². The molecule has 2 atom stereocenters. The minimum atomic E-state index is -0.676. The van der Waals surface area contributed by atoms with Gasteiger partial charge in [0, 0.05) is 12.1 Å². The maximum absolute atomic E-state index is 10.7. The molecule has 1 heterocycles. The van der Waals surface area contributed by atoms with Gasteiger partial charge >= 0.3 is 5.69 Å². The number of hydrogen-bond acceptors (Lipinski definition) is 5. The molecule has 0 aliphatic heterocycles. The van der Waals surface area contributed by atoms with E-state index in [9.17, 15) is 15.2 Å². The second kappa shape index (κ2) is 7.69. The van der Waals surface area contributed by atoms with Gasteiger partial charge in [0.1, 0.15) is 12.1 Å². The quantitative estimate of drug-likeness (QED) is 0.430. The topological polar surface area (TPSA) is 119 Å². The first-order valence-corrected chi connectivity index (χ1v) is 6.48. The molecule has 2 rings (SSSR count). The van der Waals surface area contributed by atoms with Crippen molar-refractivity contribution in [3.8, 4) is 0 Å². The largest absolute Gasteiger partial charge is 1.00 e. The fraction of sp³-hybridized carbons (Fsp3) is 0.214. The predicted octanol–water partition coefficient (Wildman–Crippen LogP) is -2.11. The molecule has 2 unspecified atom stereocenters. The molecule has 2 aromatic rings. The van der Waals surface area contributed by atoms with Crippen molar-refractivity contribution >= 4 is 17.3 Å². The lowest BCUT2D eigenvalue weighted by Crippen LogP contribution is -3.00. The fourth-order valence-corrected chi connectivity index (χ4v) is 2.04. The highest BCUT2D eigenvalue weighted by Gasteiger charge is 2.22. The van der Waals surface area contributed by atoms with Crippen molar-refractivity contribution in [1.29, 1.82) is 0 Å². The summed E-state index contributed by atoms with van der Waals surface area (Å²) in [6.45, 7) is 1.84. The molecular formula is C14H17ClN4O3. The summed E-state index contributed by atoms with van der Waals surface area (Å²) in [6, 6.07) is 11.9. The molecule has 22 heavy (non-hydrogen) atoms. The van der Waals surface area contributed by atoms with Crippen molar-refractivity contribution < 1.29 is 27.8 Å². The maximum Gasteiger partial charge on any atom is 0.311 e. The Bertz CT molecular complexity index is 639. The number of aliphatic hydroxyl groups is 1. The molecule has 1 aromatic heterocycles. The molecule has 0 aliphatic rings. The van der Waals surface area contributed by atoms with Crippen LogP contribution in [0.4, 0.5) is 17.3 Å². The number of pyridine rings is 1. The van der Waals surface area contributed by atoms with Crippen LogP contribution >= 0.6 is 0 Å². The Morgan fingerprint density at radius 2 is 1.91 bits per heavy atom. The number of halogens is 1. The second-order valence-corrected chi connectivity index (χ2v) is 4.78. The third kappa shape index (κ3) is 4.14. The van der Waals surface area contributed by atoms with Crippen LogP contribution in [0.15, 0.2) is 42.5 Å². The van der Waals surface area contributed by atoms with Gasteiger partial charge in [-0.1, -0.05) is 30.3 Å². The first-order valence-electron chi connectivity index (χ1n) is 6.48. The molecule has 1 aromatic carbocycles. The minimum absolute atomic E-state index is 0. The third-order valence-corrected chi connectivity index (χ3v) is 3.19. The van der Waals surface area contributed by atoms with Crippen molar-refractivity contribution in [3.63, 3.8) is 0 Å². The van der Waals surface area contributed by atoms with Gasteiger partial charge in [0.2, 0.25) is 11.6 Å². The van der Waals surface area contributed by atoms with Crippen molar-refractivity contribution in [1.82, 2.24) is 4.98 Å². The van der Waals surface area contributed by atoms with E-state index in [0.29, 0.717) is 5.82 Å². The second-order valence-electron chi connectivity index (χ2n) is 4.78. The zero-order valence-electron chi connectivity index (χ0n) is 11.9. The van der Waals surface area contributed by atoms with E-state index >= 15 is 0 Å². The van der Waals surface area contributed by atoms with E-state index in [1.54, 1.807) is 5.32 Å². The Balaban J connectivity index is 0.00000242. The van der Waals surface area contributed by atoms with Gasteiger partial charge in [-0.05, 0) is 12.5 Å². The number of nitrogens with two attached hydrogens (primary N) is 2. The number of benzene rings is 1. The van der Waals surface area contributed by atoms with Crippen LogP contribution in [0.25, 0.3) is 0 Å². The van der Waals surface area contributed by atoms with Gasteiger partial charge in [-0.15, -0.1) is 0 Å². The maximum atomic E-state index is 10.7. The van der Waals surface area contributed by atoms with Crippen molar-refractivity contribution in [2.75, 3.05) is 5.73 Å². The Hall–Kier alpha value is -2.22. The summed E-state index contributed by atoms with van der Waals surface area (Å²) in [4.78, 5) is 14.1. The molecule has 0 saturated heterocycles.